The second kappa shape index (κ2) is 11.9. The van der Waals surface area contributed by atoms with Crippen LogP contribution in [0.2, 0.25) is 0 Å². The van der Waals surface area contributed by atoms with E-state index in [2.05, 4.69) is 12.1 Å². The Bertz CT molecular complexity index is 861. The summed E-state index contributed by atoms with van der Waals surface area (Å²) in [6.07, 6.45) is 0.0400. The highest BCUT2D eigenvalue weighted by molar-refractivity contribution is 5.38. The predicted octanol–water partition coefficient (Wildman–Crippen LogP) is 2.03. The molecule has 0 spiro atoms. The molecule has 1 saturated heterocycles. The largest absolute Gasteiger partial charge is 0.490 e. The van der Waals surface area contributed by atoms with E-state index in [0.717, 1.165) is 42.4 Å². The number of hydrogen-bond donors (Lipinski definition) is 5. The topological polar surface area (TPSA) is 120 Å². The fourth-order valence-electron chi connectivity index (χ4n) is 4.54. The minimum atomic E-state index is -1.38. The Kier molecular flexibility index (Phi) is 9.26. The molecule has 0 aromatic heterocycles. The highest BCUT2D eigenvalue weighted by Crippen LogP contribution is 2.33. The van der Waals surface area contributed by atoms with Crippen LogP contribution in [0.5, 0.6) is 5.75 Å². The van der Waals surface area contributed by atoms with Crippen molar-refractivity contribution in [3.63, 3.8) is 0 Å². The van der Waals surface area contributed by atoms with E-state index in [0.29, 0.717) is 18.1 Å². The van der Waals surface area contributed by atoms with Crippen LogP contribution in [0, 0.1) is 6.92 Å². The third-order valence-corrected chi connectivity index (χ3v) is 6.52. The Labute approximate surface area is 195 Å². The molecule has 1 aliphatic carbocycles. The Balaban J connectivity index is 0.00000149. The van der Waals surface area contributed by atoms with Gasteiger partial charge in [0.1, 0.15) is 36.3 Å². The molecule has 0 bridgehead atoms. The van der Waals surface area contributed by atoms with Crippen LogP contribution in [0.4, 0.5) is 0 Å². The zero-order valence-corrected chi connectivity index (χ0v) is 19.3. The molecule has 1 heterocycles. The average molecular weight is 461 g/mol. The van der Waals surface area contributed by atoms with Crippen molar-refractivity contribution in [3.05, 3.63) is 64.7 Å². The zero-order valence-electron chi connectivity index (χ0n) is 19.3. The summed E-state index contributed by atoms with van der Waals surface area (Å²) in [5, 5.41) is 47.0. The van der Waals surface area contributed by atoms with Crippen LogP contribution in [0.15, 0.2) is 42.5 Å². The highest BCUT2D eigenvalue weighted by Gasteiger charge is 2.43. The molecular weight excluding hydrogens is 424 g/mol. The molecule has 2 aromatic carbocycles. The molecule has 5 atom stereocenters. The fraction of sp³-hybridized carbons (Fsp3) is 0.538. The van der Waals surface area contributed by atoms with Crippen LogP contribution >= 0.6 is 0 Å². The first-order chi connectivity index (χ1) is 16.0. The fourth-order valence-corrected chi connectivity index (χ4v) is 4.54. The quantitative estimate of drug-likeness (QED) is 0.447. The maximum absolute atomic E-state index is 10.4. The number of aryl methyl sites for hydroxylation is 1. The van der Waals surface area contributed by atoms with Crippen molar-refractivity contribution >= 4 is 0 Å². The molecule has 2 fully saturated rings. The summed E-state index contributed by atoms with van der Waals surface area (Å²) in [5.74, 6) is 0.905. The van der Waals surface area contributed by atoms with Crippen molar-refractivity contribution in [1.82, 2.24) is 0 Å². The number of hydrogen-bond acceptors (Lipinski definition) is 7. The number of rotatable bonds is 6. The molecule has 7 heteroatoms. The smallest absolute Gasteiger partial charge is 0.119 e. The van der Waals surface area contributed by atoms with E-state index in [1.807, 2.05) is 37.3 Å². The molecule has 5 N–H and O–H groups in total. The summed E-state index contributed by atoms with van der Waals surface area (Å²) < 4.78 is 11.8. The summed E-state index contributed by atoms with van der Waals surface area (Å²) in [5.41, 5.74) is 4.05. The van der Waals surface area contributed by atoms with Crippen molar-refractivity contribution in [3.8, 4) is 5.75 Å². The van der Waals surface area contributed by atoms with Gasteiger partial charge in [0.05, 0.1) is 12.7 Å². The van der Waals surface area contributed by atoms with E-state index in [1.165, 1.54) is 12.8 Å². The van der Waals surface area contributed by atoms with Crippen molar-refractivity contribution in [1.29, 1.82) is 0 Å². The highest BCUT2D eigenvalue weighted by atomic mass is 16.5. The van der Waals surface area contributed by atoms with Crippen LogP contribution in [0.25, 0.3) is 0 Å². The van der Waals surface area contributed by atoms with Crippen LogP contribution < -0.4 is 4.74 Å². The van der Waals surface area contributed by atoms with Crippen LogP contribution in [0.3, 0.4) is 0 Å². The Morgan fingerprint density at radius 2 is 1.58 bits per heavy atom. The number of aliphatic hydroxyl groups excluding tert-OH is 5. The van der Waals surface area contributed by atoms with Gasteiger partial charge in [-0.2, -0.15) is 0 Å². The number of aliphatic hydroxyl groups is 5. The number of benzene rings is 2. The van der Waals surface area contributed by atoms with Gasteiger partial charge in [0.25, 0.3) is 0 Å². The lowest BCUT2D eigenvalue weighted by molar-refractivity contribution is -0.231. The molecule has 33 heavy (non-hydrogen) atoms. The average Bonchev–Trinajstić information content (AvgIpc) is 3.35. The van der Waals surface area contributed by atoms with E-state index >= 15 is 0 Å². The van der Waals surface area contributed by atoms with E-state index in [9.17, 15) is 20.4 Å². The first-order valence-electron chi connectivity index (χ1n) is 11.6. The summed E-state index contributed by atoms with van der Waals surface area (Å²) in [7, 11) is 1.00. The number of ether oxygens (including phenoxy) is 2. The molecule has 182 valence electrons. The van der Waals surface area contributed by atoms with Crippen molar-refractivity contribution in [2.75, 3.05) is 13.7 Å². The van der Waals surface area contributed by atoms with Crippen molar-refractivity contribution in [2.24, 2.45) is 0 Å². The normalized spacial score (nSPS) is 27.7. The molecule has 4 rings (SSSR count). The molecule has 1 saturated carbocycles. The summed E-state index contributed by atoms with van der Waals surface area (Å²) >= 11 is 0. The molecule has 1 aliphatic heterocycles. The Morgan fingerprint density at radius 3 is 2.21 bits per heavy atom. The molecule has 7 nitrogen and oxygen atoms in total. The van der Waals surface area contributed by atoms with Gasteiger partial charge in [-0.3, -0.25) is 0 Å². The Morgan fingerprint density at radius 1 is 0.909 bits per heavy atom. The summed E-state index contributed by atoms with van der Waals surface area (Å²) in [6, 6.07) is 14.0. The minimum Gasteiger partial charge on any atom is -0.490 e. The lowest BCUT2D eigenvalue weighted by atomic mass is 9.89. The second-order valence-electron chi connectivity index (χ2n) is 8.78. The monoisotopic (exact) mass is 460 g/mol. The van der Waals surface area contributed by atoms with Crippen molar-refractivity contribution < 1.29 is 35.0 Å². The first kappa shape index (κ1) is 25.6. The summed E-state index contributed by atoms with van der Waals surface area (Å²) in [4.78, 5) is 0. The molecule has 2 aromatic rings. The van der Waals surface area contributed by atoms with Gasteiger partial charge in [-0.15, -0.1) is 0 Å². The molecule has 2 aliphatic rings. The zero-order chi connectivity index (χ0) is 24.0. The van der Waals surface area contributed by atoms with Gasteiger partial charge in [-0.1, -0.05) is 30.3 Å². The van der Waals surface area contributed by atoms with E-state index in [1.54, 1.807) is 0 Å². The van der Waals surface area contributed by atoms with Gasteiger partial charge in [-0.05, 0) is 73.4 Å². The van der Waals surface area contributed by atoms with Gasteiger partial charge in [-0.25, -0.2) is 0 Å². The predicted molar refractivity (Wildman–Crippen MR) is 124 cm³/mol. The van der Waals surface area contributed by atoms with Gasteiger partial charge >= 0.3 is 0 Å². The van der Waals surface area contributed by atoms with E-state index in [4.69, 9.17) is 14.6 Å². The lowest BCUT2D eigenvalue weighted by Gasteiger charge is -2.40. The standard InChI is InChI=1S/C25H32O6.CH4O/c1-15-6-9-17(25-24(29)23(28)22(27)21(14-26)31-25)13-18(15)12-16-7-10-20(11-8-16)30-19-4-2-3-5-19;1-2/h6-11,13,19,21-29H,2-5,12,14H2,1H3;2H,1H3/t21-,22-,23+,24-,25+;/m1./s1. The van der Waals surface area contributed by atoms with E-state index < -0.39 is 37.1 Å². The van der Waals surface area contributed by atoms with Crippen LogP contribution in [-0.2, 0) is 11.2 Å². The molecule has 0 radical (unpaired) electrons. The third kappa shape index (κ3) is 6.12. The van der Waals surface area contributed by atoms with Gasteiger partial charge in [0.15, 0.2) is 0 Å². The molecule has 0 amide bonds. The summed E-state index contributed by atoms with van der Waals surface area (Å²) in [6.45, 7) is 1.60. The maximum Gasteiger partial charge on any atom is 0.119 e. The molecular formula is C26H36O7. The van der Waals surface area contributed by atoms with E-state index in [-0.39, 0.29) is 0 Å². The van der Waals surface area contributed by atoms with Gasteiger partial charge in [0, 0.05) is 7.11 Å². The Hall–Kier alpha value is -2.00. The third-order valence-electron chi connectivity index (χ3n) is 6.52. The van der Waals surface area contributed by atoms with Crippen LogP contribution in [0.1, 0.15) is 54.0 Å². The van der Waals surface area contributed by atoms with Gasteiger partial charge < -0.3 is 35.0 Å². The van der Waals surface area contributed by atoms with Crippen molar-refractivity contribution in [2.45, 2.75) is 75.7 Å². The maximum atomic E-state index is 10.4. The SMILES string of the molecule is CO.Cc1ccc([C@@H]2O[C@H](CO)[C@@H](O)[C@H](O)[C@H]2O)cc1Cc1ccc(OC2CCCC2)cc1. The van der Waals surface area contributed by atoms with Crippen LogP contribution in [-0.4, -0.2) is 69.8 Å². The molecule has 0 unspecified atom stereocenters. The second-order valence-corrected chi connectivity index (χ2v) is 8.78. The first-order valence-corrected chi connectivity index (χ1v) is 11.6. The van der Waals surface area contributed by atoms with Gasteiger partial charge in [0.2, 0.25) is 0 Å². The lowest BCUT2D eigenvalue weighted by Crippen LogP contribution is -2.55. The minimum absolute atomic E-state index is 0.336.